The van der Waals surface area contributed by atoms with Crippen LogP contribution in [0.15, 0.2) is 24.3 Å². The molecule has 1 fully saturated rings. The van der Waals surface area contributed by atoms with Crippen molar-refractivity contribution >= 4 is 5.69 Å². The van der Waals surface area contributed by atoms with Crippen LogP contribution in [-0.4, -0.2) is 25.2 Å². The van der Waals surface area contributed by atoms with E-state index in [1.54, 1.807) is 0 Å². The molecule has 1 saturated heterocycles. The lowest BCUT2D eigenvalue weighted by atomic mass is 9.84. The Balaban J connectivity index is 2.26. The second kappa shape index (κ2) is 5.54. The van der Waals surface area contributed by atoms with E-state index in [1.165, 1.54) is 11.3 Å². The van der Waals surface area contributed by atoms with Crippen LogP contribution in [0.3, 0.4) is 0 Å². The standard InChI is InChI=1S/C17H28N2/c1-6-14-9-7-8-10-15(14)19-12-16(17(3,4)5)18-11-13(19)2/h7-10,13,16,18H,6,11-12H2,1-5H3. The molecule has 0 radical (unpaired) electrons. The zero-order valence-electron chi connectivity index (χ0n) is 13.0. The quantitative estimate of drug-likeness (QED) is 0.876. The van der Waals surface area contributed by atoms with Crippen LogP contribution in [0.25, 0.3) is 0 Å². The van der Waals surface area contributed by atoms with E-state index in [9.17, 15) is 0 Å². The van der Waals surface area contributed by atoms with Gasteiger partial charge >= 0.3 is 0 Å². The van der Waals surface area contributed by atoms with Crippen molar-refractivity contribution < 1.29 is 0 Å². The van der Waals surface area contributed by atoms with Gasteiger partial charge in [-0.1, -0.05) is 45.9 Å². The Labute approximate surface area is 118 Å². The minimum Gasteiger partial charge on any atom is -0.366 e. The number of benzene rings is 1. The summed E-state index contributed by atoms with van der Waals surface area (Å²) in [6.45, 7) is 13.7. The molecule has 106 valence electrons. The number of hydrogen-bond acceptors (Lipinski definition) is 2. The van der Waals surface area contributed by atoms with Crippen LogP contribution in [0.4, 0.5) is 5.69 Å². The maximum Gasteiger partial charge on any atom is 0.0402 e. The lowest BCUT2D eigenvalue weighted by Gasteiger charge is -2.45. The minimum atomic E-state index is 0.305. The highest BCUT2D eigenvalue weighted by Gasteiger charge is 2.32. The normalized spacial score (nSPS) is 24.6. The summed E-state index contributed by atoms with van der Waals surface area (Å²) in [6, 6.07) is 9.96. The fourth-order valence-corrected chi connectivity index (χ4v) is 2.87. The summed E-state index contributed by atoms with van der Waals surface area (Å²) in [5.41, 5.74) is 3.19. The first-order valence-corrected chi connectivity index (χ1v) is 7.51. The van der Waals surface area contributed by atoms with Gasteiger partial charge in [-0.25, -0.2) is 0 Å². The number of aryl methyl sites for hydroxylation is 1. The first-order chi connectivity index (χ1) is 8.93. The zero-order chi connectivity index (χ0) is 14.0. The molecule has 0 aromatic heterocycles. The average molecular weight is 260 g/mol. The van der Waals surface area contributed by atoms with Crippen LogP contribution >= 0.6 is 0 Å². The number of rotatable bonds is 2. The predicted octanol–water partition coefficient (Wildman–Crippen LogP) is 3.46. The third-order valence-corrected chi connectivity index (χ3v) is 4.30. The number of nitrogens with one attached hydrogen (secondary N) is 1. The molecule has 19 heavy (non-hydrogen) atoms. The molecule has 2 nitrogen and oxygen atoms in total. The molecule has 0 saturated carbocycles. The Morgan fingerprint density at radius 2 is 1.95 bits per heavy atom. The van der Waals surface area contributed by atoms with Gasteiger partial charge in [-0.2, -0.15) is 0 Å². The van der Waals surface area contributed by atoms with Crippen molar-refractivity contribution in [3.63, 3.8) is 0 Å². The molecule has 2 heteroatoms. The number of para-hydroxylation sites is 1. The molecular formula is C17H28N2. The van der Waals surface area contributed by atoms with Crippen molar-refractivity contribution in [1.29, 1.82) is 0 Å². The van der Waals surface area contributed by atoms with E-state index in [2.05, 4.69) is 69.1 Å². The summed E-state index contributed by atoms with van der Waals surface area (Å²) in [5.74, 6) is 0. The first-order valence-electron chi connectivity index (χ1n) is 7.51. The molecule has 1 heterocycles. The highest BCUT2D eigenvalue weighted by Crippen LogP contribution is 2.29. The fraction of sp³-hybridized carbons (Fsp3) is 0.647. The SMILES string of the molecule is CCc1ccccc1N1CC(C(C)(C)C)NCC1C. The third kappa shape index (κ3) is 3.11. The maximum atomic E-state index is 3.70. The van der Waals surface area contributed by atoms with E-state index in [-0.39, 0.29) is 0 Å². The Kier molecular flexibility index (Phi) is 4.19. The lowest BCUT2D eigenvalue weighted by molar-refractivity contribution is 0.239. The molecule has 2 atom stereocenters. The second-order valence-electron chi connectivity index (χ2n) is 6.81. The minimum absolute atomic E-state index is 0.305. The molecule has 2 unspecified atom stereocenters. The van der Waals surface area contributed by atoms with Gasteiger partial charge < -0.3 is 10.2 Å². The van der Waals surface area contributed by atoms with Crippen LogP contribution in [0.1, 0.15) is 40.2 Å². The second-order valence-corrected chi connectivity index (χ2v) is 6.81. The summed E-state index contributed by atoms with van der Waals surface area (Å²) in [4.78, 5) is 2.59. The van der Waals surface area contributed by atoms with Crippen LogP contribution < -0.4 is 10.2 Å². The molecule has 1 aromatic rings. The van der Waals surface area contributed by atoms with Gasteiger partial charge in [-0.3, -0.25) is 0 Å². The van der Waals surface area contributed by atoms with Gasteiger partial charge in [-0.05, 0) is 30.4 Å². The van der Waals surface area contributed by atoms with Crippen LogP contribution in [-0.2, 0) is 6.42 Å². The summed E-state index contributed by atoms with van der Waals surface area (Å²) < 4.78 is 0. The predicted molar refractivity (Wildman–Crippen MR) is 83.9 cm³/mol. The molecule has 0 bridgehead atoms. The van der Waals surface area contributed by atoms with E-state index in [4.69, 9.17) is 0 Å². The van der Waals surface area contributed by atoms with E-state index < -0.39 is 0 Å². The van der Waals surface area contributed by atoms with Crippen LogP contribution in [0.5, 0.6) is 0 Å². The van der Waals surface area contributed by atoms with Crippen molar-refractivity contribution in [3.05, 3.63) is 29.8 Å². The number of hydrogen-bond donors (Lipinski definition) is 1. The van der Waals surface area contributed by atoms with Gasteiger partial charge in [0, 0.05) is 30.9 Å². The van der Waals surface area contributed by atoms with Crippen molar-refractivity contribution in [3.8, 4) is 0 Å². The van der Waals surface area contributed by atoms with Crippen molar-refractivity contribution in [2.45, 2.75) is 53.1 Å². The summed E-state index contributed by atoms with van der Waals surface area (Å²) >= 11 is 0. The first kappa shape index (κ1) is 14.4. The molecule has 1 aliphatic heterocycles. The number of anilines is 1. The summed E-state index contributed by atoms with van der Waals surface area (Å²) in [7, 11) is 0. The zero-order valence-corrected chi connectivity index (χ0v) is 13.0. The number of piperazine rings is 1. The van der Waals surface area contributed by atoms with E-state index in [1.807, 2.05) is 0 Å². The molecule has 0 aliphatic carbocycles. The van der Waals surface area contributed by atoms with Crippen molar-refractivity contribution in [2.24, 2.45) is 5.41 Å². The maximum absolute atomic E-state index is 3.70. The Bertz CT molecular complexity index is 420. The van der Waals surface area contributed by atoms with Gasteiger partial charge in [0.25, 0.3) is 0 Å². The van der Waals surface area contributed by atoms with Gasteiger partial charge in [0.05, 0.1) is 0 Å². The molecule has 1 aliphatic rings. The van der Waals surface area contributed by atoms with Gasteiger partial charge in [0.1, 0.15) is 0 Å². The molecule has 0 spiro atoms. The fourth-order valence-electron chi connectivity index (χ4n) is 2.87. The molecule has 2 rings (SSSR count). The Hall–Kier alpha value is -1.02. The highest BCUT2D eigenvalue weighted by atomic mass is 15.2. The highest BCUT2D eigenvalue weighted by molar-refractivity contribution is 5.55. The van der Waals surface area contributed by atoms with Crippen molar-refractivity contribution in [1.82, 2.24) is 5.32 Å². The summed E-state index contributed by atoms with van der Waals surface area (Å²) in [6.07, 6.45) is 1.10. The van der Waals surface area contributed by atoms with E-state index >= 15 is 0 Å². The third-order valence-electron chi connectivity index (χ3n) is 4.30. The molecule has 1 N–H and O–H groups in total. The molecular weight excluding hydrogens is 232 g/mol. The van der Waals surface area contributed by atoms with Crippen LogP contribution in [0, 0.1) is 5.41 Å². The average Bonchev–Trinajstić information content (AvgIpc) is 2.38. The molecule has 1 aromatic carbocycles. The van der Waals surface area contributed by atoms with Gasteiger partial charge in [0.15, 0.2) is 0 Å². The largest absolute Gasteiger partial charge is 0.366 e. The van der Waals surface area contributed by atoms with E-state index in [0.29, 0.717) is 17.5 Å². The topological polar surface area (TPSA) is 15.3 Å². The van der Waals surface area contributed by atoms with E-state index in [0.717, 1.165) is 19.5 Å². The lowest BCUT2D eigenvalue weighted by Crippen LogP contribution is -2.59. The van der Waals surface area contributed by atoms with Crippen LogP contribution in [0.2, 0.25) is 0 Å². The van der Waals surface area contributed by atoms with Crippen molar-refractivity contribution in [2.75, 3.05) is 18.0 Å². The number of nitrogens with zero attached hydrogens (tertiary/aromatic N) is 1. The van der Waals surface area contributed by atoms with Gasteiger partial charge in [0.2, 0.25) is 0 Å². The molecule has 0 amide bonds. The summed E-state index contributed by atoms with van der Waals surface area (Å²) in [5, 5.41) is 3.70. The Morgan fingerprint density at radius 3 is 2.58 bits per heavy atom. The smallest absolute Gasteiger partial charge is 0.0402 e. The Morgan fingerprint density at radius 1 is 1.26 bits per heavy atom. The van der Waals surface area contributed by atoms with Gasteiger partial charge in [-0.15, -0.1) is 0 Å². The monoisotopic (exact) mass is 260 g/mol.